The highest BCUT2D eigenvalue weighted by Gasteiger charge is 2.44. The summed E-state index contributed by atoms with van der Waals surface area (Å²) in [6.45, 7) is 0.867. The van der Waals surface area contributed by atoms with Gasteiger partial charge in [0, 0.05) is 13.1 Å². The minimum Gasteiger partial charge on any atom is -0.497 e. The zero-order chi connectivity index (χ0) is 18.6. The second kappa shape index (κ2) is 7.81. The average molecular weight is 372 g/mol. The number of carbonyl (C=O) groups excluding carboxylic acids is 1. The number of nitrogens with zero attached hydrogens (tertiary/aromatic N) is 1. The van der Waals surface area contributed by atoms with Crippen LogP contribution in [0.4, 0.5) is 0 Å². The van der Waals surface area contributed by atoms with Gasteiger partial charge in [0.25, 0.3) is 0 Å². The number of hydrogen-bond donors (Lipinski definition) is 2. The van der Waals surface area contributed by atoms with Crippen LogP contribution in [-0.4, -0.2) is 75.0 Å². The molecule has 2 rings (SSSR count). The van der Waals surface area contributed by atoms with Crippen LogP contribution in [0.25, 0.3) is 0 Å². The number of benzene rings is 1. The number of hydrogen-bond acceptors (Lipinski definition) is 7. The lowest BCUT2D eigenvalue weighted by Gasteiger charge is -2.31. The molecule has 1 aliphatic rings. The van der Waals surface area contributed by atoms with Crippen LogP contribution in [-0.2, 0) is 24.2 Å². The van der Waals surface area contributed by atoms with Crippen LogP contribution in [0.5, 0.6) is 5.75 Å². The Morgan fingerprint density at radius 1 is 1.24 bits per heavy atom. The smallest absolute Gasteiger partial charge is 0.322 e. The summed E-state index contributed by atoms with van der Waals surface area (Å²) in [6.07, 6.45) is 0. The van der Waals surface area contributed by atoms with E-state index in [1.54, 1.807) is 0 Å². The second-order valence-electron chi connectivity index (χ2n) is 5.44. The number of amides is 1. The van der Waals surface area contributed by atoms with Crippen LogP contribution >= 0.6 is 0 Å². The van der Waals surface area contributed by atoms with Crippen molar-refractivity contribution < 1.29 is 32.6 Å². The monoisotopic (exact) mass is 372 g/mol. The van der Waals surface area contributed by atoms with E-state index in [1.165, 1.54) is 36.3 Å². The Kier molecular flexibility index (Phi) is 5.98. The average Bonchev–Trinajstić information content (AvgIpc) is 2.62. The van der Waals surface area contributed by atoms with Crippen LogP contribution in [0.3, 0.4) is 0 Å². The lowest BCUT2D eigenvalue weighted by atomic mass is 10.2. The summed E-state index contributed by atoms with van der Waals surface area (Å²) in [5.41, 5.74) is 5.57. The first-order valence-electron chi connectivity index (χ1n) is 7.52. The van der Waals surface area contributed by atoms with Crippen molar-refractivity contribution in [1.82, 2.24) is 4.90 Å². The maximum absolute atomic E-state index is 12.9. The molecule has 0 aliphatic carbocycles. The quantitative estimate of drug-likeness (QED) is 0.656. The molecular formula is C15H20N2O7S. The number of carbonyl (C=O) groups is 2. The molecule has 1 aromatic carbocycles. The van der Waals surface area contributed by atoms with E-state index in [9.17, 15) is 23.1 Å². The summed E-state index contributed by atoms with van der Waals surface area (Å²) in [7, 11) is -2.89. The Morgan fingerprint density at radius 2 is 1.80 bits per heavy atom. The number of carboxylic acid groups (broad SMARTS) is 1. The maximum Gasteiger partial charge on any atom is 0.322 e. The van der Waals surface area contributed by atoms with Gasteiger partial charge < -0.3 is 25.2 Å². The molecule has 10 heteroatoms. The van der Waals surface area contributed by atoms with Gasteiger partial charge in [0.2, 0.25) is 5.91 Å². The van der Waals surface area contributed by atoms with Crippen LogP contribution in [0.1, 0.15) is 0 Å². The van der Waals surface area contributed by atoms with E-state index < -0.39 is 33.0 Å². The third-order valence-corrected chi connectivity index (χ3v) is 5.99. The third-order valence-electron chi connectivity index (χ3n) is 3.90. The number of sulfone groups is 1. The summed E-state index contributed by atoms with van der Waals surface area (Å²) in [4.78, 5) is 25.1. The molecule has 2 unspecified atom stereocenters. The largest absolute Gasteiger partial charge is 0.497 e. The van der Waals surface area contributed by atoms with Gasteiger partial charge in [-0.25, -0.2) is 8.42 Å². The van der Waals surface area contributed by atoms with E-state index in [0.717, 1.165) is 0 Å². The number of aliphatic carboxylic acids is 1. The fourth-order valence-corrected chi connectivity index (χ4v) is 4.21. The Hall–Kier alpha value is -2.17. The zero-order valence-electron chi connectivity index (χ0n) is 13.6. The zero-order valence-corrected chi connectivity index (χ0v) is 14.4. The Bertz CT molecular complexity index is 727. The molecular weight excluding hydrogens is 352 g/mol. The summed E-state index contributed by atoms with van der Waals surface area (Å²) in [6, 6.07) is 3.44. The van der Waals surface area contributed by atoms with Crippen molar-refractivity contribution in [2.24, 2.45) is 5.73 Å². The third kappa shape index (κ3) is 4.09. The van der Waals surface area contributed by atoms with Gasteiger partial charge in [0.1, 0.15) is 11.8 Å². The highest BCUT2D eigenvalue weighted by atomic mass is 32.2. The van der Waals surface area contributed by atoms with E-state index >= 15 is 0 Å². The van der Waals surface area contributed by atoms with Crippen molar-refractivity contribution in [2.75, 3.05) is 33.4 Å². The number of methoxy groups -OCH3 is 1. The fraction of sp³-hybridized carbons (Fsp3) is 0.467. The fourth-order valence-electron chi connectivity index (χ4n) is 2.48. The first kappa shape index (κ1) is 19.2. The number of rotatable bonds is 6. The van der Waals surface area contributed by atoms with Crippen molar-refractivity contribution in [3.63, 3.8) is 0 Å². The molecule has 0 aromatic heterocycles. The molecule has 9 nitrogen and oxygen atoms in total. The standard InChI is InChI=1S/C15H20N2O7S/c1-23-10-2-4-11(5-3-10)25(21,22)13(12(16)15(19)20)14(18)17-6-8-24-9-7-17/h2-5,12-13H,6-9,16H2,1H3,(H,19,20). The molecule has 1 heterocycles. The predicted molar refractivity (Wildman–Crippen MR) is 87.0 cm³/mol. The van der Waals surface area contributed by atoms with Crippen LogP contribution < -0.4 is 10.5 Å². The predicted octanol–water partition coefficient (Wildman–Crippen LogP) is -0.892. The molecule has 3 N–H and O–H groups in total. The number of nitrogens with two attached hydrogens (primary N) is 1. The molecule has 1 fully saturated rings. The number of morpholine rings is 1. The van der Waals surface area contributed by atoms with Gasteiger partial charge in [-0.15, -0.1) is 0 Å². The Labute approximate surface area is 145 Å². The number of ether oxygens (including phenoxy) is 2. The van der Waals surface area contributed by atoms with Gasteiger partial charge in [-0.05, 0) is 24.3 Å². The van der Waals surface area contributed by atoms with E-state index in [0.29, 0.717) is 5.75 Å². The SMILES string of the molecule is COc1ccc(S(=O)(=O)C(C(=O)N2CCOCC2)C(N)C(=O)O)cc1. The maximum atomic E-state index is 12.9. The van der Waals surface area contributed by atoms with Gasteiger partial charge in [-0.1, -0.05) is 0 Å². The molecule has 1 aromatic rings. The molecule has 0 bridgehead atoms. The van der Waals surface area contributed by atoms with E-state index in [-0.39, 0.29) is 31.2 Å². The number of carboxylic acids is 1. The van der Waals surface area contributed by atoms with Crippen molar-refractivity contribution in [2.45, 2.75) is 16.2 Å². The topological polar surface area (TPSA) is 136 Å². The summed E-state index contributed by atoms with van der Waals surface area (Å²) in [5.74, 6) is -1.98. The van der Waals surface area contributed by atoms with Crippen LogP contribution in [0, 0.1) is 0 Å². The molecule has 1 saturated heterocycles. The highest BCUT2D eigenvalue weighted by molar-refractivity contribution is 7.93. The van der Waals surface area contributed by atoms with Gasteiger partial charge in [0.05, 0.1) is 25.2 Å². The molecule has 2 atom stereocenters. The van der Waals surface area contributed by atoms with Gasteiger partial charge in [-0.3, -0.25) is 9.59 Å². The van der Waals surface area contributed by atoms with Crippen molar-refractivity contribution in [1.29, 1.82) is 0 Å². The van der Waals surface area contributed by atoms with Gasteiger partial charge >= 0.3 is 5.97 Å². The van der Waals surface area contributed by atoms with Gasteiger partial charge in [0.15, 0.2) is 15.1 Å². The summed E-state index contributed by atoms with van der Waals surface area (Å²) in [5, 5.41) is 7.27. The van der Waals surface area contributed by atoms with Crippen molar-refractivity contribution in [3.8, 4) is 5.75 Å². The van der Waals surface area contributed by atoms with Crippen LogP contribution in [0.2, 0.25) is 0 Å². The Balaban J connectivity index is 2.41. The molecule has 0 saturated carbocycles. The lowest BCUT2D eigenvalue weighted by molar-refractivity contribution is -0.143. The van der Waals surface area contributed by atoms with E-state index in [1.807, 2.05) is 0 Å². The van der Waals surface area contributed by atoms with E-state index in [4.69, 9.17) is 15.2 Å². The van der Waals surface area contributed by atoms with Crippen LogP contribution in [0.15, 0.2) is 29.2 Å². The molecule has 138 valence electrons. The first-order chi connectivity index (χ1) is 11.8. The molecule has 1 aliphatic heterocycles. The lowest BCUT2D eigenvalue weighted by Crippen LogP contribution is -2.57. The summed E-state index contributed by atoms with van der Waals surface area (Å²) >= 11 is 0. The normalized spacial score (nSPS) is 17.6. The summed E-state index contributed by atoms with van der Waals surface area (Å²) < 4.78 is 35.9. The highest BCUT2D eigenvalue weighted by Crippen LogP contribution is 2.23. The van der Waals surface area contributed by atoms with E-state index in [2.05, 4.69) is 0 Å². The minimum absolute atomic E-state index is 0.180. The molecule has 25 heavy (non-hydrogen) atoms. The van der Waals surface area contributed by atoms with Crippen molar-refractivity contribution in [3.05, 3.63) is 24.3 Å². The molecule has 1 amide bonds. The second-order valence-corrected chi connectivity index (χ2v) is 7.51. The minimum atomic E-state index is -4.31. The van der Waals surface area contributed by atoms with Crippen molar-refractivity contribution >= 4 is 21.7 Å². The van der Waals surface area contributed by atoms with Gasteiger partial charge in [-0.2, -0.15) is 0 Å². The Morgan fingerprint density at radius 3 is 2.28 bits per heavy atom. The first-order valence-corrected chi connectivity index (χ1v) is 9.06. The molecule has 0 spiro atoms. The molecule has 0 radical (unpaired) electrons.